The number of nitrogens with one attached hydrogen (secondary N) is 3. The number of halogens is 2. The van der Waals surface area contributed by atoms with Gasteiger partial charge in [0.15, 0.2) is 0 Å². The van der Waals surface area contributed by atoms with Crippen molar-refractivity contribution in [2.45, 2.75) is 37.6 Å². The number of hydrogen-bond donors (Lipinski definition) is 3. The van der Waals surface area contributed by atoms with Gasteiger partial charge in [0.2, 0.25) is 5.95 Å². The molecule has 1 aromatic heterocycles. The number of anilines is 1. The minimum atomic E-state index is -3.21. The van der Waals surface area contributed by atoms with Crippen molar-refractivity contribution in [2.75, 3.05) is 5.32 Å². The first kappa shape index (κ1) is 18.7. The molecule has 2 aromatic rings. The molecule has 142 valence electrons. The van der Waals surface area contributed by atoms with Crippen molar-refractivity contribution in [3.05, 3.63) is 53.9 Å². The third-order valence-electron chi connectivity index (χ3n) is 4.48. The van der Waals surface area contributed by atoms with Gasteiger partial charge < -0.3 is 5.32 Å². The van der Waals surface area contributed by atoms with Crippen molar-refractivity contribution in [3.8, 4) is 0 Å². The summed E-state index contributed by atoms with van der Waals surface area (Å²) in [6.07, 6.45) is 3.28. The first-order chi connectivity index (χ1) is 13.0. The third kappa shape index (κ3) is 4.75. The fraction of sp³-hybridized carbons (Fsp3) is 0.333. The van der Waals surface area contributed by atoms with Crippen LogP contribution in [0.1, 0.15) is 35.2 Å². The van der Waals surface area contributed by atoms with Crippen LogP contribution in [-0.4, -0.2) is 33.7 Å². The molecule has 3 N–H and O–H groups in total. The molecule has 1 aliphatic carbocycles. The maximum absolute atomic E-state index is 12.1. The van der Waals surface area contributed by atoms with Crippen LogP contribution in [0, 0.1) is 0 Å². The fourth-order valence-electron chi connectivity index (χ4n) is 2.93. The van der Waals surface area contributed by atoms with Crippen molar-refractivity contribution in [2.24, 2.45) is 0 Å². The number of benzene rings is 1. The first-order valence-corrected chi connectivity index (χ1v) is 8.50. The van der Waals surface area contributed by atoms with Crippen molar-refractivity contribution in [1.29, 1.82) is 0 Å². The van der Waals surface area contributed by atoms with Gasteiger partial charge in [-0.3, -0.25) is 20.4 Å². The van der Waals surface area contributed by atoms with Crippen molar-refractivity contribution < 1.29 is 18.4 Å². The Bertz CT molecular complexity index is 795. The molecule has 1 fully saturated rings. The van der Waals surface area contributed by atoms with E-state index in [1.54, 1.807) is 5.43 Å². The summed E-state index contributed by atoms with van der Waals surface area (Å²) in [5.41, 5.74) is 4.65. The van der Waals surface area contributed by atoms with E-state index in [4.69, 9.17) is 0 Å². The summed E-state index contributed by atoms with van der Waals surface area (Å²) in [7, 11) is 0. The van der Waals surface area contributed by atoms with Crippen LogP contribution in [-0.2, 0) is 11.2 Å². The van der Waals surface area contributed by atoms with Crippen LogP contribution in [0.5, 0.6) is 0 Å². The van der Waals surface area contributed by atoms with Gasteiger partial charge in [0, 0.05) is 17.9 Å². The van der Waals surface area contributed by atoms with Crippen molar-refractivity contribution >= 4 is 17.8 Å². The molecule has 0 atom stereocenters. The number of carbonyl (C=O) groups excluding carboxylic acids is 2. The van der Waals surface area contributed by atoms with E-state index in [-0.39, 0.29) is 11.1 Å². The summed E-state index contributed by atoms with van der Waals surface area (Å²) in [5, 5.41) is 3.35. The molecular formula is C18H19F2N5O2. The van der Waals surface area contributed by atoms with E-state index >= 15 is 0 Å². The van der Waals surface area contributed by atoms with Crippen LogP contribution in [0.2, 0.25) is 0 Å². The van der Waals surface area contributed by atoms with E-state index in [9.17, 15) is 18.4 Å². The Balaban J connectivity index is 1.59. The van der Waals surface area contributed by atoms with Crippen LogP contribution in [0.25, 0.3) is 0 Å². The van der Waals surface area contributed by atoms with E-state index < -0.39 is 18.2 Å². The molecule has 1 saturated carbocycles. The van der Waals surface area contributed by atoms with Crippen molar-refractivity contribution in [1.82, 2.24) is 20.8 Å². The predicted octanol–water partition coefficient (Wildman–Crippen LogP) is 2.08. The van der Waals surface area contributed by atoms with Gasteiger partial charge in [-0.15, -0.1) is 0 Å². The molecule has 1 aromatic carbocycles. The Hall–Kier alpha value is -3.10. The van der Waals surface area contributed by atoms with Crippen LogP contribution < -0.4 is 16.2 Å². The quantitative estimate of drug-likeness (QED) is 0.672. The molecule has 7 nitrogen and oxygen atoms in total. The highest BCUT2D eigenvalue weighted by molar-refractivity contribution is 5.95. The maximum atomic E-state index is 12.1. The highest BCUT2D eigenvalue weighted by Gasteiger charge is 2.37. The molecule has 9 heteroatoms. The second-order valence-electron chi connectivity index (χ2n) is 6.46. The van der Waals surface area contributed by atoms with Crippen LogP contribution >= 0.6 is 0 Å². The Labute approximate surface area is 154 Å². The van der Waals surface area contributed by atoms with E-state index in [0.29, 0.717) is 5.95 Å². The van der Waals surface area contributed by atoms with Crippen LogP contribution in [0.15, 0.2) is 42.7 Å². The summed E-state index contributed by atoms with van der Waals surface area (Å²) in [6.45, 7) is 0. The standard InChI is InChI=1S/C18H19F2N5O2/c19-14(20)16(27)25-24-15(26)13-10-21-17(22-11-13)23-18(7-4-8-18)9-12-5-2-1-3-6-12/h1-3,5-6,10-11,14H,4,7-9H2,(H,24,26)(H,25,27)(H,21,22,23). The number of nitrogens with zero attached hydrogens (tertiary/aromatic N) is 2. The van der Waals surface area contributed by atoms with E-state index in [0.717, 1.165) is 25.7 Å². The smallest absolute Gasteiger partial charge is 0.317 e. The zero-order chi connectivity index (χ0) is 19.3. The highest BCUT2D eigenvalue weighted by atomic mass is 19.3. The number of hydrazine groups is 1. The average molecular weight is 375 g/mol. The lowest BCUT2D eigenvalue weighted by atomic mass is 9.73. The molecule has 2 amide bonds. The van der Waals surface area contributed by atoms with Gasteiger partial charge >= 0.3 is 12.3 Å². The largest absolute Gasteiger partial charge is 0.348 e. The molecule has 1 aliphatic rings. The molecule has 0 spiro atoms. The molecular weight excluding hydrogens is 356 g/mol. The Kier molecular flexibility index (Phi) is 5.58. The minimum absolute atomic E-state index is 0.0424. The summed E-state index contributed by atoms with van der Waals surface area (Å²) in [6, 6.07) is 10.1. The van der Waals surface area contributed by atoms with Gasteiger partial charge in [-0.2, -0.15) is 8.78 Å². The number of carbonyl (C=O) groups is 2. The predicted molar refractivity (Wildman–Crippen MR) is 94.0 cm³/mol. The fourth-order valence-corrected chi connectivity index (χ4v) is 2.93. The van der Waals surface area contributed by atoms with Gasteiger partial charge in [-0.1, -0.05) is 30.3 Å². The summed E-state index contributed by atoms with van der Waals surface area (Å²) < 4.78 is 24.2. The maximum Gasteiger partial charge on any atom is 0.317 e. The normalized spacial score (nSPS) is 14.9. The number of alkyl halides is 2. The van der Waals surface area contributed by atoms with Gasteiger partial charge in [0.05, 0.1) is 5.56 Å². The van der Waals surface area contributed by atoms with Crippen LogP contribution in [0.4, 0.5) is 14.7 Å². The van der Waals surface area contributed by atoms with Crippen molar-refractivity contribution in [3.63, 3.8) is 0 Å². The SMILES string of the molecule is O=C(NNC(=O)C(F)F)c1cnc(NC2(Cc3ccccc3)CCC2)nc1. The average Bonchev–Trinajstić information content (AvgIpc) is 2.65. The molecule has 0 bridgehead atoms. The summed E-state index contributed by atoms with van der Waals surface area (Å²) in [5.74, 6) is -1.98. The molecule has 3 rings (SSSR count). The van der Waals surface area contributed by atoms with Gasteiger partial charge in [0.25, 0.3) is 5.91 Å². The van der Waals surface area contributed by atoms with E-state index in [1.807, 2.05) is 23.6 Å². The zero-order valence-electron chi connectivity index (χ0n) is 14.4. The lowest BCUT2D eigenvalue weighted by Gasteiger charge is -2.43. The number of amides is 2. The zero-order valence-corrected chi connectivity index (χ0v) is 14.4. The third-order valence-corrected chi connectivity index (χ3v) is 4.48. The van der Waals surface area contributed by atoms with E-state index in [2.05, 4.69) is 27.4 Å². The van der Waals surface area contributed by atoms with Crippen LogP contribution in [0.3, 0.4) is 0 Å². The highest BCUT2D eigenvalue weighted by Crippen LogP contribution is 2.37. The number of aromatic nitrogens is 2. The van der Waals surface area contributed by atoms with Gasteiger partial charge in [-0.25, -0.2) is 9.97 Å². The Morgan fingerprint density at radius 3 is 2.30 bits per heavy atom. The summed E-state index contributed by atoms with van der Waals surface area (Å²) >= 11 is 0. The molecule has 27 heavy (non-hydrogen) atoms. The molecule has 0 unspecified atom stereocenters. The number of rotatable bonds is 6. The second kappa shape index (κ2) is 8.07. The van der Waals surface area contributed by atoms with Gasteiger partial charge in [0.1, 0.15) is 0 Å². The topological polar surface area (TPSA) is 96.0 Å². The monoisotopic (exact) mass is 375 g/mol. The first-order valence-electron chi connectivity index (χ1n) is 8.50. The van der Waals surface area contributed by atoms with Gasteiger partial charge in [-0.05, 0) is 31.2 Å². The minimum Gasteiger partial charge on any atom is -0.348 e. The second-order valence-corrected chi connectivity index (χ2v) is 6.46. The molecule has 0 aliphatic heterocycles. The lowest BCUT2D eigenvalue weighted by molar-refractivity contribution is -0.132. The summed E-state index contributed by atoms with van der Waals surface area (Å²) in [4.78, 5) is 30.8. The molecule has 0 radical (unpaired) electrons. The Morgan fingerprint density at radius 1 is 1.07 bits per heavy atom. The molecule has 1 heterocycles. The number of hydrogen-bond acceptors (Lipinski definition) is 5. The Morgan fingerprint density at radius 2 is 1.74 bits per heavy atom. The lowest BCUT2D eigenvalue weighted by Crippen LogP contribution is -2.47. The van der Waals surface area contributed by atoms with E-state index in [1.165, 1.54) is 18.0 Å². The molecule has 0 saturated heterocycles.